The van der Waals surface area contributed by atoms with Crippen LogP contribution in [0.3, 0.4) is 0 Å². The van der Waals surface area contributed by atoms with E-state index >= 15 is 0 Å². The quantitative estimate of drug-likeness (QED) is 0.803. The molecule has 21 heavy (non-hydrogen) atoms. The topological polar surface area (TPSA) is 76.9 Å². The number of anilines is 1. The van der Waals surface area contributed by atoms with Crippen molar-refractivity contribution >= 4 is 38.2 Å². The SMILES string of the molecule is Cn1cnc(S(=O)(=O)Nc2cccc3ncccc23)c1Cl. The molecule has 108 valence electrons. The number of fused-ring (bicyclic) bond motifs is 1. The number of hydrogen-bond acceptors (Lipinski definition) is 4. The third-order valence-electron chi connectivity index (χ3n) is 2.98. The number of nitrogens with one attached hydrogen (secondary N) is 1. The lowest BCUT2D eigenvalue weighted by molar-refractivity contribution is 0.598. The largest absolute Gasteiger partial charge is 0.324 e. The molecule has 0 saturated heterocycles. The highest BCUT2D eigenvalue weighted by atomic mass is 35.5. The molecular weight excluding hydrogens is 312 g/mol. The van der Waals surface area contributed by atoms with Crippen molar-refractivity contribution in [1.82, 2.24) is 14.5 Å². The molecule has 0 unspecified atom stereocenters. The Hall–Kier alpha value is -2.12. The number of benzene rings is 1. The number of pyridine rings is 1. The summed E-state index contributed by atoms with van der Waals surface area (Å²) in [5, 5.41) is 0.559. The molecule has 0 saturated carbocycles. The number of aromatic nitrogens is 3. The molecule has 0 fully saturated rings. The van der Waals surface area contributed by atoms with Crippen LogP contribution < -0.4 is 4.72 Å². The third-order valence-corrected chi connectivity index (χ3v) is 4.83. The van der Waals surface area contributed by atoms with Crippen LogP contribution in [-0.4, -0.2) is 23.0 Å². The normalized spacial score (nSPS) is 11.7. The van der Waals surface area contributed by atoms with Gasteiger partial charge < -0.3 is 4.57 Å². The summed E-state index contributed by atoms with van der Waals surface area (Å²) < 4.78 is 28.7. The van der Waals surface area contributed by atoms with Crippen molar-refractivity contribution in [1.29, 1.82) is 0 Å². The molecule has 0 radical (unpaired) electrons. The Kier molecular flexibility index (Phi) is 3.30. The molecule has 8 heteroatoms. The first kappa shape index (κ1) is 13.8. The number of sulfonamides is 1. The Labute approximate surface area is 126 Å². The van der Waals surface area contributed by atoms with E-state index in [4.69, 9.17) is 11.6 Å². The highest BCUT2D eigenvalue weighted by Gasteiger charge is 2.23. The highest BCUT2D eigenvalue weighted by Crippen LogP contribution is 2.26. The fraction of sp³-hybridized carbons (Fsp3) is 0.0769. The summed E-state index contributed by atoms with van der Waals surface area (Å²) in [6.07, 6.45) is 3.00. The van der Waals surface area contributed by atoms with Gasteiger partial charge in [-0.25, -0.2) is 4.98 Å². The predicted octanol–water partition coefficient (Wildman–Crippen LogP) is 2.42. The molecule has 0 spiro atoms. The van der Waals surface area contributed by atoms with E-state index in [0.29, 0.717) is 16.6 Å². The van der Waals surface area contributed by atoms with Crippen LogP contribution in [0, 0.1) is 0 Å². The van der Waals surface area contributed by atoms with Crippen LogP contribution in [0.15, 0.2) is 47.9 Å². The van der Waals surface area contributed by atoms with Gasteiger partial charge in [0.05, 0.1) is 17.5 Å². The number of aryl methyl sites for hydroxylation is 1. The maximum absolute atomic E-state index is 12.4. The molecule has 0 aliphatic carbocycles. The number of hydrogen-bond donors (Lipinski definition) is 1. The Morgan fingerprint density at radius 1 is 1.19 bits per heavy atom. The van der Waals surface area contributed by atoms with Crippen LogP contribution in [0.4, 0.5) is 5.69 Å². The molecule has 0 aliphatic heterocycles. The molecule has 1 aromatic carbocycles. The van der Waals surface area contributed by atoms with Gasteiger partial charge in [0.1, 0.15) is 5.15 Å². The van der Waals surface area contributed by atoms with Gasteiger partial charge in [-0.2, -0.15) is 8.42 Å². The van der Waals surface area contributed by atoms with E-state index < -0.39 is 10.0 Å². The maximum atomic E-state index is 12.4. The number of halogens is 1. The summed E-state index contributed by atoms with van der Waals surface area (Å²) in [6, 6.07) is 8.74. The Morgan fingerprint density at radius 2 is 2.00 bits per heavy atom. The second-order valence-corrected chi connectivity index (χ2v) is 6.39. The number of nitrogens with zero attached hydrogens (tertiary/aromatic N) is 3. The molecule has 0 atom stereocenters. The fourth-order valence-corrected chi connectivity index (χ4v) is 3.47. The average molecular weight is 323 g/mol. The van der Waals surface area contributed by atoms with E-state index in [9.17, 15) is 8.42 Å². The molecule has 2 aromatic heterocycles. The van der Waals surface area contributed by atoms with Gasteiger partial charge in [-0.15, -0.1) is 0 Å². The molecule has 2 heterocycles. The van der Waals surface area contributed by atoms with Crippen molar-refractivity contribution < 1.29 is 8.42 Å². The predicted molar refractivity (Wildman–Crippen MR) is 80.8 cm³/mol. The van der Waals surface area contributed by atoms with Crippen molar-refractivity contribution in [3.05, 3.63) is 48.0 Å². The van der Waals surface area contributed by atoms with Crippen LogP contribution in [0.1, 0.15) is 0 Å². The molecule has 0 amide bonds. The van der Waals surface area contributed by atoms with Gasteiger partial charge in [0.25, 0.3) is 10.0 Å². The van der Waals surface area contributed by atoms with E-state index in [1.54, 1.807) is 43.6 Å². The maximum Gasteiger partial charge on any atom is 0.282 e. The van der Waals surface area contributed by atoms with Gasteiger partial charge in [0, 0.05) is 18.6 Å². The lowest BCUT2D eigenvalue weighted by Gasteiger charge is -2.09. The Bertz CT molecular complexity index is 916. The lowest BCUT2D eigenvalue weighted by atomic mass is 10.2. The summed E-state index contributed by atoms with van der Waals surface area (Å²) in [5.74, 6) is 0. The van der Waals surface area contributed by atoms with Crippen LogP contribution >= 0.6 is 11.6 Å². The Morgan fingerprint density at radius 3 is 2.71 bits per heavy atom. The minimum absolute atomic E-state index is 0.0564. The molecule has 3 rings (SSSR count). The molecule has 6 nitrogen and oxygen atoms in total. The third kappa shape index (κ3) is 2.45. The zero-order chi connectivity index (χ0) is 15.0. The molecule has 1 N–H and O–H groups in total. The summed E-state index contributed by atoms with van der Waals surface area (Å²) in [7, 11) is -2.24. The number of rotatable bonds is 3. The van der Waals surface area contributed by atoms with Crippen LogP contribution in [-0.2, 0) is 17.1 Å². The number of imidazole rings is 1. The van der Waals surface area contributed by atoms with Gasteiger partial charge in [0.15, 0.2) is 0 Å². The zero-order valence-corrected chi connectivity index (χ0v) is 12.6. The van der Waals surface area contributed by atoms with Gasteiger partial charge in [-0.1, -0.05) is 17.7 Å². The van der Waals surface area contributed by atoms with E-state index in [0.717, 1.165) is 0 Å². The lowest BCUT2D eigenvalue weighted by Crippen LogP contribution is -2.14. The summed E-state index contributed by atoms with van der Waals surface area (Å²) in [4.78, 5) is 8.01. The minimum Gasteiger partial charge on any atom is -0.324 e. The van der Waals surface area contributed by atoms with Gasteiger partial charge in [0.2, 0.25) is 5.03 Å². The molecule has 0 bridgehead atoms. The first-order valence-corrected chi connectivity index (χ1v) is 7.88. The van der Waals surface area contributed by atoms with E-state index in [2.05, 4.69) is 14.7 Å². The van der Waals surface area contributed by atoms with Crippen LogP contribution in [0.5, 0.6) is 0 Å². The zero-order valence-electron chi connectivity index (χ0n) is 11.0. The van der Waals surface area contributed by atoms with E-state index in [1.165, 1.54) is 10.9 Å². The second-order valence-electron chi connectivity index (χ2n) is 4.43. The fourth-order valence-electron chi connectivity index (χ4n) is 1.96. The van der Waals surface area contributed by atoms with Gasteiger partial charge in [-0.05, 0) is 24.3 Å². The average Bonchev–Trinajstić information content (AvgIpc) is 2.80. The van der Waals surface area contributed by atoms with Crippen LogP contribution in [0.25, 0.3) is 10.9 Å². The van der Waals surface area contributed by atoms with Gasteiger partial charge in [-0.3, -0.25) is 9.71 Å². The van der Waals surface area contributed by atoms with Crippen molar-refractivity contribution in [3.8, 4) is 0 Å². The summed E-state index contributed by atoms with van der Waals surface area (Å²) in [5.41, 5.74) is 1.13. The first-order chi connectivity index (χ1) is 9.99. The monoisotopic (exact) mass is 322 g/mol. The smallest absolute Gasteiger partial charge is 0.282 e. The van der Waals surface area contributed by atoms with Crippen molar-refractivity contribution in [2.75, 3.05) is 4.72 Å². The molecule has 3 aromatic rings. The van der Waals surface area contributed by atoms with Gasteiger partial charge >= 0.3 is 0 Å². The second kappa shape index (κ2) is 5.01. The first-order valence-electron chi connectivity index (χ1n) is 6.02. The van der Waals surface area contributed by atoms with Crippen molar-refractivity contribution in [3.63, 3.8) is 0 Å². The highest BCUT2D eigenvalue weighted by molar-refractivity contribution is 7.92. The Balaban J connectivity index is 2.08. The van der Waals surface area contributed by atoms with E-state index in [-0.39, 0.29) is 10.2 Å². The van der Waals surface area contributed by atoms with Crippen LogP contribution in [0.2, 0.25) is 5.15 Å². The standard InChI is InChI=1S/C13H11ClN4O2S/c1-18-8-16-13(12(18)14)21(19,20)17-11-6-2-5-10-9(11)4-3-7-15-10/h2-8,17H,1H3. The van der Waals surface area contributed by atoms with Crippen molar-refractivity contribution in [2.45, 2.75) is 5.03 Å². The molecule has 0 aliphatic rings. The minimum atomic E-state index is -3.86. The molecular formula is C13H11ClN4O2S. The summed E-state index contributed by atoms with van der Waals surface area (Å²) in [6.45, 7) is 0. The van der Waals surface area contributed by atoms with E-state index in [1.807, 2.05) is 0 Å². The van der Waals surface area contributed by atoms with Crippen molar-refractivity contribution in [2.24, 2.45) is 7.05 Å². The summed E-state index contributed by atoms with van der Waals surface area (Å²) >= 11 is 5.95.